The molecule has 18 nitrogen and oxygen atoms in total. The van der Waals surface area contributed by atoms with E-state index in [0.29, 0.717) is 67.6 Å². The van der Waals surface area contributed by atoms with Gasteiger partial charge in [-0.25, -0.2) is 14.6 Å². The monoisotopic (exact) mass is 882 g/mol. The zero-order valence-electron chi connectivity index (χ0n) is 36.2. The van der Waals surface area contributed by atoms with Gasteiger partial charge >= 0.3 is 12.2 Å². The van der Waals surface area contributed by atoms with E-state index in [1.165, 1.54) is 48.7 Å². The number of amides is 2. The van der Waals surface area contributed by atoms with Crippen molar-refractivity contribution in [3.8, 4) is 63.0 Å². The van der Waals surface area contributed by atoms with E-state index in [9.17, 15) is 19.8 Å². The number of hydrogen-bond acceptors (Lipinski definition) is 13. The Balaban J connectivity index is 1.46. The van der Waals surface area contributed by atoms with Gasteiger partial charge in [-0.1, -0.05) is 34.7 Å². The van der Waals surface area contributed by atoms with Gasteiger partial charge in [-0.15, -0.1) is 0 Å². The Labute approximate surface area is 368 Å². The minimum absolute atomic E-state index is 0.00566. The van der Waals surface area contributed by atoms with Gasteiger partial charge in [-0.05, 0) is 50.1 Å². The minimum Gasteiger partial charge on any atom is -0.496 e. The van der Waals surface area contributed by atoms with Crippen molar-refractivity contribution in [2.24, 2.45) is 0 Å². The Morgan fingerprint density at radius 3 is 2.21 bits per heavy atom. The highest BCUT2D eigenvalue weighted by molar-refractivity contribution is 6.34. The standard InChI is InChI=1S/C44H47ClN8O10/c1-24-19-47-31(25(2)36(24)61-8)22-53-21-27(35-39(45)49-41(46)50-40(35)53)12-10-11-15-44(52(4)43(56)57,23-51(3)42(54)55)30-16-26(13-14-32(30)58-5)29-20-48-63-37(29)28-17-33(59-6)38(62-9)34(18-28)60-7/h13-14,16-21H,11,15,22-23H2,1-9H3,(H,54,55)(H,56,57)(H2,46,49,50). The second-order valence-electron chi connectivity index (χ2n) is 14.5. The third-order valence-electron chi connectivity index (χ3n) is 10.9. The largest absolute Gasteiger partial charge is 0.496 e. The van der Waals surface area contributed by atoms with Crippen LogP contribution < -0.4 is 29.4 Å². The number of nitrogens with two attached hydrogens (primary N) is 1. The summed E-state index contributed by atoms with van der Waals surface area (Å²) in [5.74, 6) is 8.84. The maximum Gasteiger partial charge on any atom is 0.407 e. The van der Waals surface area contributed by atoms with Gasteiger partial charge in [0.2, 0.25) is 11.7 Å². The number of rotatable bonds is 15. The summed E-state index contributed by atoms with van der Waals surface area (Å²) >= 11 is 6.67. The van der Waals surface area contributed by atoms with E-state index in [1.807, 2.05) is 18.4 Å². The molecule has 0 bridgehead atoms. The molecule has 0 saturated carbocycles. The van der Waals surface area contributed by atoms with E-state index in [0.717, 1.165) is 32.4 Å². The fourth-order valence-electron chi connectivity index (χ4n) is 7.69. The number of methoxy groups -OCH3 is 5. The number of carboxylic acid groups (broad SMARTS) is 2. The Morgan fingerprint density at radius 2 is 1.59 bits per heavy atom. The van der Waals surface area contributed by atoms with Crippen molar-refractivity contribution in [3.05, 3.63) is 82.0 Å². The van der Waals surface area contributed by atoms with Crippen LogP contribution in [0, 0.1) is 25.7 Å². The van der Waals surface area contributed by atoms with Crippen LogP contribution in [0.2, 0.25) is 5.15 Å². The Morgan fingerprint density at radius 1 is 0.905 bits per heavy atom. The average Bonchev–Trinajstić information content (AvgIpc) is 3.90. The van der Waals surface area contributed by atoms with E-state index in [1.54, 1.807) is 49.8 Å². The Bertz CT molecular complexity index is 2740. The third kappa shape index (κ3) is 8.73. The summed E-state index contributed by atoms with van der Waals surface area (Å²) < 4.78 is 35.8. The van der Waals surface area contributed by atoms with Crippen LogP contribution in [0.25, 0.3) is 33.5 Å². The van der Waals surface area contributed by atoms with Crippen molar-refractivity contribution < 1.29 is 48.0 Å². The van der Waals surface area contributed by atoms with Crippen LogP contribution in [0.5, 0.6) is 28.7 Å². The zero-order chi connectivity index (χ0) is 45.7. The highest BCUT2D eigenvalue weighted by Crippen LogP contribution is 2.46. The molecule has 63 heavy (non-hydrogen) atoms. The normalized spacial score (nSPS) is 11.9. The van der Waals surface area contributed by atoms with Gasteiger partial charge in [0.25, 0.3) is 0 Å². The number of nitrogens with zero attached hydrogens (tertiary/aromatic N) is 7. The topological polar surface area (TPSA) is 223 Å². The van der Waals surface area contributed by atoms with E-state index in [4.69, 9.17) is 45.5 Å². The number of aromatic nitrogens is 5. The minimum atomic E-state index is -1.57. The van der Waals surface area contributed by atoms with Crippen LogP contribution >= 0.6 is 11.6 Å². The molecule has 2 amide bonds. The molecule has 2 aromatic carbocycles. The number of fused-ring (bicyclic) bond motifs is 1. The number of anilines is 1. The van der Waals surface area contributed by atoms with E-state index < -0.39 is 17.7 Å². The van der Waals surface area contributed by atoms with Crippen LogP contribution in [-0.2, 0) is 12.1 Å². The summed E-state index contributed by atoms with van der Waals surface area (Å²) in [4.78, 5) is 40.9. The van der Waals surface area contributed by atoms with Crippen molar-refractivity contribution in [2.75, 3.05) is 61.9 Å². The summed E-state index contributed by atoms with van der Waals surface area (Å²) in [6, 6.07) is 8.60. The molecule has 330 valence electrons. The second-order valence-corrected chi connectivity index (χ2v) is 14.9. The lowest BCUT2D eigenvalue weighted by Gasteiger charge is -2.43. The van der Waals surface area contributed by atoms with Crippen molar-refractivity contribution in [2.45, 2.75) is 38.8 Å². The van der Waals surface area contributed by atoms with Crippen LogP contribution in [0.4, 0.5) is 15.5 Å². The molecule has 0 fully saturated rings. The molecule has 4 aromatic heterocycles. The first-order chi connectivity index (χ1) is 30.1. The number of carbonyl (C=O) groups is 2. The number of nitrogen functional groups attached to an aromatic ring is 1. The van der Waals surface area contributed by atoms with Gasteiger partial charge in [0.15, 0.2) is 17.3 Å². The second kappa shape index (κ2) is 18.7. The van der Waals surface area contributed by atoms with Gasteiger partial charge in [0.1, 0.15) is 22.3 Å². The number of halogens is 1. The van der Waals surface area contributed by atoms with E-state index in [2.05, 4.69) is 31.9 Å². The molecule has 6 aromatic rings. The maximum absolute atomic E-state index is 13.1. The summed E-state index contributed by atoms with van der Waals surface area (Å²) in [5.41, 5.74) is 9.84. The highest BCUT2D eigenvalue weighted by atomic mass is 35.5. The number of pyridine rings is 1. The Hall–Kier alpha value is -7.39. The molecular weight excluding hydrogens is 836 g/mol. The molecule has 0 aliphatic heterocycles. The van der Waals surface area contributed by atoms with Gasteiger partial charge in [0.05, 0.1) is 77.0 Å². The quantitative estimate of drug-likeness (QED) is 0.0678. The van der Waals surface area contributed by atoms with Crippen molar-refractivity contribution in [1.29, 1.82) is 0 Å². The predicted molar refractivity (Wildman–Crippen MR) is 234 cm³/mol. The molecule has 0 aliphatic carbocycles. The van der Waals surface area contributed by atoms with Crippen molar-refractivity contribution in [1.82, 2.24) is 34.5 Å². The molecule has 0 saturated heterocycles. The number of hydrogen-bond donors (Lipinski definition) is 3. The van der Waals surface area contributed by atoms with Gasteiger partial charge in [0, 0.05) is 60.7 Å². The summed E-state index contributed by atoms with van der Waals surface area (Å²) in [6.07, 6.45) is 2.50. The van der Waals surface area contributed by atoms with Crippen LogP contribution in [0.3, 0.4) is 0 Å². The first kappa shape index (κ1) is 45.1. The number of benzene rings is 2. The fourth-order valence-corrected chi connectivity index (χ4v) is 7.97. The lowest BCUT2D eigenvalue weighted by Crippen LogP contribution is -2.54. The molecule has 1 atom stereocenters. The molecule has 4 N–H and O–H groups in total. The summed E-state index contributed by atoms with van der Waals surface area (Å²) in [5, 5.41) is 25.5. The average molecular weight is 883 g/mol. The molecular formula is C44H47ClN8O10. The first-order valence-corrected chi connectivity index (χ1v) is 19.6. The van der Waals surface area contributed by atoms with Gasteiger partial charge in [-0.2, -0.15) is 4.98 Å². The highest BCUT2D eigenvalue weighted by Gasteiger charge is 2.43. The lowest BCUT2D eigenvalue weighted by atomic mass is 9.81. The molecule has 0 aliphatic rings. The maximum atomic E-state index is 13.1. The van der Waals surface area contributed by atoms with Gasteiger partial charge < -0.3 is 53.6 Å². The molecule has 1 unspecified atom stereocenters. The van der Waals surface area contributed by atoms with Crippen molar-refractivity contribution in [3.63, 3.8) is 0 Å². The van der Waals surface area contributed by atoms with Crippen LogP contribution in [-0.4, -0.2) is 113 Å². The van der Waals surface area contributed by atoms with Crippen LogP contribution in [0.1, 0.15) is 40.8 Å². The van der Waals surface area contributed by atoms with Gasteiger partial charge in [-0.3, -0.25) is 9.88 Å². The zero-order valence-corrected chi connectivity index (χ0v) is 36.9. The van der Waals surface area contributed by atoms with E-state index >= 15 is 0 Å². The number of ether oxygens (including phenoxy) is 5. The predicted octanol–water partition coefficient (Wildman–Crippen LogP) is 7.34. The van der Waals surface area contributed by atoms with Crippen LogP contribution in [0.15, 0.2) is 53.4 Å². The smallest absolute Gasteiger partial charge is 0.407 e. The molecule has 6 rings (SSSR count). The Kier molecular flexibility index (Phi) is 13.4. The summed E-state index contributed by atoms with van der Waals surface area (Å²) in [6.45, 7) is 3.81. The summed E-state index contributed by atoms with van der Waals surface area (Å²) in [7, 11) is 10.3. The SMILES string of the molecule is COc1ccc(-c2cnoc2-c2cc(OC)c(OC)c(OC)c2)cc1C(CCC#Cc1cn(Cc2ncc(C)c(OC)c2C)c2nc(N)nc(Cl)c12)(CN(C)C(=O)O)N(C)C(=O)O. The van der Waals surface area contributed by atoms with E-state index in [-0.39, 0.29) is 37.0 Å². The molecule has 0 radical (unpaired) electrons. The third-order valence-corrected chi connectivity index (χ3v) is 11.2. The number of likely N-dealkylation sites (N-methyl/N-ethyl adjacent to an activating group) is 2. The molecule has 4 heterocycles. The van der Waals surface area contributed by atoms with Crippen molar-refractivity contribution >= 4 is 40.8 Å². The molecule has 0 spiro atoms. The number of aryl methyl sites for hydroxylation is 1. The molecule has 19 heteroatoms. The fraction of sp³-hybridized carbons (Fsp3) is 0.318. The lowest BCUT2D eigenvalue weighted by molar-refractivity contribution is 0.0588. The first-order valence-electron chi connectivity index (χ1n) is 19.3.